The highest BCUT2D eigenvalue weighted by Gasteiger charge is 2.11. The molecule has 0 bridgehead atoms. The second kappa shape index (κ2) is 6.16. The summed E-state index contributed by atoms with van der Waals surface area (Å²) in [5.41, 5.74) is 8.03. The summed E-state index contributed by atoms with van der Waals surface area (Å²) in [7, 11) is 0. The number of carbonyl (C=O) groups excluding carboxylic acids is 1. The summed E-state index contributed by atoms with van der Waals surface area (Å²) in [5, 5.41) is 12.6. The molecule has 1 heterocycles. The monoisotopic (exact) mass is 271 g/mol. The number of nitrogens with zero attached hydrogens (tertiary/aromatic N) is 1. The molecule has 0 saturated heterocycles. The maximum atomic E-state index is 11.9. The van der Waals surface area contributed by atoms with Crippen molar-refractivity contribution in [2.45, 2.75) is 13.0 Å². The lowest BCUT2D eigenvalue weighted by atomic mass is 10.1. The van der Waals surface area contributed by atoms with Gasteiger partial charge >= 0.3 is 0 Å². The van der Waals surface area contributed by atoms with Crippen LogP contribution >= 0.6 is 0 Å². The molecule has 0 spiro atoms. The summed E-state index contributed by atoms with van der Waals surface area (Å²) in [5.74, 6) is -0.303. The molecule has 0 aliphatic carbocycles. The van der Waals surface area contributed by atoms with Gasteiger partial charge in [-0.25, -0.2) is 4.98 Å². The fourth-order valence-corrected chi connectivity index (χ4v) is 1.79. The highest BCUT2D eigenvalue weighted by atomic mass is 16.3. The molecule has 1 aromatic heterocycles. The lowest BCUT2D eigenvalue weighted by molar-refractivity contribution is 0.0911. The number of pyridine rings is 1. The Labute approximate surface area is 117 Å². The van der Waals surface area contributed by atoms with Gasteiger partial charge in [-0.15, -0.1) is 0 Å². The number of nitrogen functional groups attached to an aromatic ring is 1. The fourth-order valence-electron chi connectivity index (χ4n) is 1.79. The number of hydrogen-bond donors (Lipinski definition) is 3. The first kappa shape index (κ1) is 14.0. The molecule has 1 amide bonds. The van der Waals surface area contributed by atoms with Crippen LogP contribution in [0, 0.1) is 6.92 Å². The Hall–Kier alpha value is -2.40. The number of nitrogens with two attached hydrogens (primary N) is 1. The Bertz CT molecular complexity index is 596. The molecule has 104 valence electrons. The third kappa shape index (κ3) is 3.55. The normalized spacial score (nSPS) is 11.9. The number of carbonyl (C=O) groups is 1. The van der Waals surface area contributed by atoms with Crippen LogP contribution in [0.1, 0.15) is 27.8 Å². The number of rotatable bonds is 4. The Morgan fingerprint density at radius 2 is 2.00 bits per heavy atom. The summed E-state index contributed by atoms with van der Waals surface area (Å²) >= 11 is 0. The highest BCUT2D eigenvalue weighted by Crippen LogP contribution is 2.13. The zero-order valence-corrected chi connectivity index (χ0v) is 11.2. The van der Waals surface area contributed by atoms with Gasteiger partial charge in [-0.3, -0.25) is 4.79 Å². The van der Waals surface area contributed by atoms with Gasteiger partial charge in [0.05, 0.1) is 6.10 Å². The van der Waals surface area contributed by atoms with E-state index < -0.39 is 6.10 Å². The molecule has 2 aromatic rings. The third-order valence-corrected chi connectivity index (χ3v) is 2.90. The number of aliphatic hydroxyl groups excluding tert-OH is 1. The third-order valence-electron chi connectivity index (χ3n) is 2.90. The van der Waals surface area contributed by atoms with Crippen LogP contribution in [0.15, 0.2) is 42.5 Å². The van der Waals surface area contributed by atoms with Crippen molar-refractivity contribution in [3.63, 3.8) is 0 Å². The van der Waals surface area contributed by atoms with Crippen molar-refractivity contribution in [3.8, 4) is 0 Å². The number of aliphatic hydroxyl groups is 1. The number of benzene rings is 1. The Morgan fingerprint density at radius 3 is 2.65 bits per heavy atom. The van der Waals surface area contributed by atoms with Crippen LogP contribution in [0.3, 0.4) is 0 Å². The van der Waals surface area contributed by atoms with E-state index in [2.05, 4.69) is 10.3 Å². The van der Waals surface area contributed by atoms with Crippen LogP contribution in [0.25, 0.3) is 0 Å². The number of aryl methyl sites for hydroxylation is 1. The minimum Gasteiger partial charge on any atom is -0.399 e. The maximum Gasteiger partial charge on any atom is 0.269 e. The first-order valence-electron chi connectivity index (χ1n) is 6.31. The highest BCUT2D eigenvalue weighted by molar-refractivity contribution is 5.92. The number of hydrogen-bond acceptors (Lipinski definition) is 4. The zero-order valence-electron chi connectivity index (χ0n) is 11.2. The molecule has 20 heavy (non-hydrogen) atoms. The van der Waals surface area contributed by atoms with Gasteiger partial charge in [0.25, 0.3) is 5.91 Å². The lowest BCUT2D eigenvalue weighted by Gasteiger charge is -2.12. The summed E-state index contributed by atoms with van der Waals surface area (Å²) in [6.45, 7) is 1.94. The topological polar surface area (TPSA) is 88.2 Å². The van der Waals surface area contributed by atoms with Gasteiger partial charge in [0.1, 0.15) is 5.69 Å². The van der Waals surface area contributed by atoms with Crippen LogP contribution in [0.5, 0.6) is 0 Å². The van der Waals surface area contributed by atoms with Crippen molar-refractivity contribution in [1.29, 1.82) is 0 Å². The minimum atomic E-state index is -0.774. The Balaban J connectivity index is 1.94. The summed E-state index contributed by atoms with van der Waals surface area (Å²) in [6, 6.07) is 12.1. The molecular formula is C15H17N3O2. The van der Waals surface area contributed by atoms with E-state index in [1.165, 1.54) is 0 Å². The average Bonchev–Trinajstić information content (AvgIpc) is 2.45. The van der Waals surface area contributed by atoms with E-state index in [1.807, 2.05) is 13.0 Å². The average molecular weight is 271 g/mol. The van der Waals surface area contributed by atoms with Crippen molar-refractivity contribution in [3.05, 3.63) is 59.4 Å². The summed E-state index contributed by atoms with van der Waals surface area (Å²) < 4.78 is 0. The van der Waals surface area contributed by atoms with Gasteiger partial charge in [0.15, 0.2) is 0 Å². The molecule has 0 aliphatic rings. The Morgan fingerprint density at radius 1 is 1.30 bits per heavy atom. The second-order valence-corrected chi connectivity index (χ2v) is 4.56. The maximum absolute atomic E-state index is 11.9. The molecular weight excluding hydrogens is 254 g/mol. The van der Waals surface area contributed by atoms with Crippen LogP contribution in [-0.2, 0) is 0 Å². The minimum absolute atomic E-state index is 0.123. The van der Waals surface area contributed by atoms with Crippen LogP contribution < -0.4 is 11.1 Å². The second-order valence-electron chi connectivity index (χ2n) is 4.56. The largest absolute Gasteiger partial charge is 0.399 e. The van der Waals surface area contributed by atoms with E-state index in [9.17, 15) is 9.90 Å². The van der Waals surface area contributed by atoms with Crippen LogP contribution in [0.2, 0.25) is 0 Å². The van der Waals surface area contributed by atoms with Gasteiger partial charge in [-0.1, -0.05) is 18.2 Å². The van der Waals surface area contributed by atoms with Gasteiger partial charge in [-0.05, 0) is 36.8 Å². The molecule has 1 unspecified atom stereocenters. The van der Waals surface area contributed by atoms with Crippen molar-refractivity contribution in [2.24, 2.45) is 0 Å². The number of aromatic nitrogens is 1. The van der Waals surface area contributed by atoms with E-state index in [1.54, 1.807) is 36.4 Å². The molecule has 1 aromatic carbocycles. The van der Waals surface area contributed by atoms with Crippen molar-refractivity contribution in [2.75, 3.05) is 12.3 Å². The van der Waals surface area contributed by atoms with Crippen LogP contribution in [0.4, 0.5) is 5.69 Å². The molecule has 0 saturated carbocycles. The standard InChI is InChI=1S/C15H17N3O2/c1-10-3-2-4-13(18-10)15(20)17-9-14(19)11-5-7-12(16)8-6-11/h2-8,14,19H,9,16H2,1H3,(H,17,20). The number of amides is 1. The van der Waals surface area contributed by atoms with E-state index in [0.717, 1.165) is 5.69 Å². The Kier molecular flexibility index (Phi) is 4.32. The molecule has 2 rings (SSSR count). The first-order valence-corrected chi connectivity index (χ1v) is 6.31. The molecule has 5 nitrogen and oxygen atoms in total. The molecule has 0 aliphatic heterocycles. The molecule has 5 heteroatoms. The van der Waals surface area contributed by atoms with E-state index in [0.29, 0.717) is 16.9 Å². The molecule has 0 radical (unpaired) electrons. The quantitative estimate of drug-likeness (QED) is 0.734. The van der Waals surface area contributed by atoms with Crippen molar-refractivity contribution in [1.82, 2.24) is 10.3 Å². The first-order chi connectivity index (χ1) is 9.56. The van der Waals surface area contributed by atoms with Crippen molar-refractivity contribution >= 4 is 11.6 Å². The summed E-state index contributed by atoms with van der Waals surface area (Å²) in [6.07, 6.45) is -0.774. The zero-order chi connectivity index (χ0) is 14.5. The van der Waals surface area contributed by atoms with E-state index >= 15 is 0 Å². The van der Waals surface area contributed by atoms with Gasteiger partial charge in [-0.2, -0.15) is 0 Å². The van der Waals surface area contributed by atoms with E-state index in [4.69, 9.17) is 5.73 Å². The SMILES string of the molecule is Cc1cccc(C(=O)NCC(O)c2ccc(N)cc2)n1. The lowest BCUT2D eigenvalue weighted by Crippen LogP contribution is -2.29. The molecule has 4 N–H and O–H groups in total. The fraction of sp³-hybridized carbons (Fsp3) is 0.200. The molecule has 0 fully saturated rings. The van der Waals surface area contributed by atoms with E-state index in [-0.39, 0.29) is 12.5 Å². The summed E-state index contributed by atoms with van der Waals surface area (Å²) in [4.78, 5) is 16.0. The number of anilines is 1. The van der Waals surface area contributed by atoms with Crippen LogP contribution in [-0.4, -0.2) is 22.5 Å². The van der Waals surface area contributed by atoms with Gasteiger partial charge < -0.3 is 16.2 Å². The molecule has 1 atom stereocenters. The van der Waals surface area contributed by atoms with Crippen molar-refractivity contribution < 1.29 is 9.90 Å². The van der Waals surface area contributed by atoms with Gasteiger partial charge in [0.2, 0.25) is 0 Å². The van der Waals surface area contributed by atoms with Gasteiger partial charge in [0, 0.05) is 17.9 Å². The predicted molar refractivity (Wildman–Crippen MR) is 77.1 cm³/mol. The smallest absolute Gasteiger partial charge is 0.269 e. The predicted octanol–water partition coefficient (Wildman–Crippen LogP) is 1.44. The number of nitrogens with one attached hydrogen (secondary N) is 1.